The maximum atomic E-state index is 13.0. The number of ether oxygens (including phenoxy) is 5. The maximum Gasteiger partial charge on any atom is 0.351 e. The van der Waals surface area contributed by atoms with Crippen LogP contribution in [0.3, 0.4) is 0 Å². The molecule has 3 saturated heterocycles. The molecule has 3 aliphatic rings. The van der Waals surface area contributed by atoms with E-state index in [1.54, 1.807) is 26.1 Å². The molecule has 0 amide bonds. The highest BCUT2D eigenvalue weighted by atomic mass is 16.8. The zero-order valence-corrected chi connectivity index (χ0v) is 19.5. The topological polar surface area (TPSA) is 129 Å². The van der Waals surface area contributed by atoms with Crippen molar-refractivity contribution in [3.63, 3.8) is 0 Å². The van der Waals surface area contributed by atoms with Gasteiger partial charge in [0.15, 0.2) is 17.8 Å². The molecule has 5 rings (SSSR count). The number of esters is 1. The molecule has 0 spiro atoms. The summed E-state index contributed by atoms with van der Waals surface area (Å²) in [5.41, 5.74) is -1.07. The highest BCUT2D eigenvalue weighted by Gasteiger charge is 2.56. The highest BCUT2D eigenvalue weighted by Crippen LogP contribution is 2.43. The van der Waals surface area contributed by atoms with E-state index in [2.05, 4.69) is 15.1 Å². The molecular formula is C22H29N5O7. The van der Waals surface area contributed by atoms with Crippen molar-refractivity contribution in [2.75, 3.05) is 19.8 Å². The van der Waals surface area contributed by atoms with Crippen LogP contribution in [0.4, 0.5) is 0 Å². The summed E-state index contributed by atoms with van der Waals surface area (Å²) in [6.07, 6.45) is 3.87. The van der Waals surface area contributed by atoms with Crippen LogP contribution in [-0.4, -0.2) is 74.2 Å². The summed E-state index contributed by atoms with van der Waals surface area (Å²) in [6.45, 7) is 6.67. The van der Waals surface area contributed by atoms with Crippen molar-refractivity contribution in [1.29, 1.82) is 0 Å². The second-order valence-corrected chi connectivity index (χ2v) is 9.29. The van der Waals surface area contributed by atoms with E-state index in [0.29, 0.717) is 38.3 Å². The van der Waals surface area contributed by atoms with Crippen LogP contribution in [0.2, 0.25) is 0 Å². The minimum atomic E-state index is -0.872. The summed E-state index contributed by atoms with van der Waals surface area (Å²) in [5.74, 6) is -0.789. The van der Waals surface area contributed by atoms with Gasteiger partial charge in [0.05, 0.1) is 5.41 Å². The zero-order valence-electron chi connectivity index (χ0n) is 19.5. The number of carbonyl (C=O) groups excluding carboxylic acids is 1. The van der Waals surface area contributed by atoms with E-state index in [-0.39, 0.29) is 12.6 Å². The standard InChI is InChI=1S/C22H29N5O7/c1-4-22(6-9-30-10-7-22)19(28)31-11-14-16-17(34-21(2,3)33-16)18(32-14)26-8-5-15(25-20(26)29)27-13-23-12-24-27/h5,8,12-14,16-18H,4,6-7,9-11H2,1-3H3/t14-,16-,17-,18-/m1/s1. The lowest BCUT2D eigenvalue weighted by Gasteiger charge is -2.34. The number of aromatic nitrogens is 5. The number of carbonyl (C=O) groups is 1. The summed E-state index contributed by atoms with van der Waals surface area (Å²) in [5, 5.41) is 3.99. The minimum absolute atomic E-state index is 0.00222. The molecule has 0 N–H and O–H groups in total. The third-order valence-corrected chi connectivity index (χ3v) is 6.81. The van der Waals surface area contributed by atoms with Crippen molar-refractivity contribution in [3.8, 4) is 5.82 Å². The quantitative estimate of drug-likeness (QED) is 0.558. The first kappa shape index (κ1) is 23.1. The lowest BCUT2D eigenvalue weighted by molar-refractivity contribution is -0.205. The van der Waals surface area contributed by atoms with Gasteiger partial charge in [-0.05, 0) is 39.2 Å². The zero-order chi connectivity index (χ0) is 23.9. The lowest BCUT2D eigenvalue weighted by atomic mass is 9.78. The Bertz CT molecular complexity index is 1080. The molecular weight excluding hydrogens is 446 g/mol. The molecule has 34 heavy (non-hydrogen) atoms. The Labute approximate surface area is 196 Å². The van der Waals surface area contributed by atoms with Crippen LogP contribution >= 0.6 is 0 Å². The summed E-state index contributed by atoms with van der Waals surface area (Å²) in [7, 11) is 0. The fraction of sp³-hybridized carbons (Fsp3) is 0.682. The van der Waals surface area contributed by atoms with Crippen molar-refractivity contribution in [3.05, 3.63) is 35.4 Å². The third kappa shape index (κ3) is 4.15. The van der Waals surface area contributed by atoms with Gasteiger partial charge in [-0.25, -0.2) is 14.5 Å². The van der Waals surface area contributed by atoms with Crippen molar-refractivity contribution in [2.24, 2.45) is 5.41 Å². The minimum Gasteiger partial charge on any atom is -0.462 e. The van der Waals surface area contributed by atoms with E-state index in [0.717, 1.165) is 0 Å². The van der Waals surface area contributed by atoms with Gasteiger partial charge in [0.2, 0.25) is 0 Å². The van der Waals surface area contributed by atoms with E-state index < -0.39 is 41.4 Å². The first-order valence-corrected chi connectivity index (χ1v) is 11.5. The third-order valence-electron chi connectivity index (χ3n) is 6.81. The largest absolute Gasteiger partial charge is 0.462 e. The van der Waals surface area contributed by atoms with Gasteiger partial charge in [-0.2, -0.15) is 10.1 Å². The number of rotatable bonds is 6. The van der Waals surface area contributed by atoms with Gasteiger partial charge in [-0.3, -0.25) is 9.36 Å². The molecule has 5 heterocycles. The van der Waals surface area contributed by atoms with Crippen LogP contribution in [-0.2, 0) is 28.5 Å². The average Bonchev–Trinajstić information content (AvgIpc) is 3.54. The number of fused-ring (bicyclic) bond motifs is 1. The Kier molecular flexibility index (Phi) is 6.00. The summed E-state index contributed by atoms with van der Waals surface area (Å²) >= 11 is 0. The first-order valence-electron chi connectivity index (χ1n) is 11.5. The molecule has 3 fully saturated rings. The first-order chi connectivity index (χ1) is 16.3. The molecule has 3 aliphatic heterocycles. The Balaban J connectivity index is 1.34. The molecule has 12 nitrogen and oxygen atoms in total. The van der Waals surface area contributed by atoms with E-state index >= 15 is 0 Å². The number of nitrogens with zero attached hydrogens (tertiary/aromatic N) is 5. The van der Waals surface area contributed by atoms with Gasteiger partial charge < -0.3 is 23.7 Å². The van der Waals surface area contributed by atoms with E-state index in [4.69, 9.17) is 23.7 Å². The van der Waals surface area contributed by atoms with Crippen LogP contribution in [0.1, 0.15) is 46.3 Å². The average molecular weight is 476 g/mol. The molecule has 0 saturated carbocycles. The van der Waals surface area contributed by atoms with Crippen LogP contribution in [0.25, 0.3) is 5.82 Å². The van der Waals surface area contributed by atoms with Gasteiger partial charge in [0.1, 0.15) is 37.6 Å². The van der Waals surface area contributed by atoms with Crippen LogP contribution in [0.5, 0.6) is 0 Å². The summed E-state index contributed by atoms with van der Waals surface area (Å²) < 4.78 is 32.2. The molecule has 0 aliphatic carbocycles. The monoisotopic (exact) mass is 475 g/mol. The second kappa shape index (κ2) is 8.84. The molecule has 0 aromatic carbocycles. The Morgan fingerprint density at radius 3 is 2.68 bits per heavy atom. The molecule has 0 bridgehead atoms. The summed E-state index contributed by atoms with van der Waals surface area (Å²) in [4.78, 5) is 33.8. The predicted octanol–water partition coefficient (Wildman–Crippen LogP) is 0.992. The maximum absolute atomic E-state index is 13.0. The Morgan fingerprint density at radius 1 is 1.24 bits per heavy atom. The fourth-order valence-corrected chi connectivity index (χ4v) is 4.84. The predicted molar refractivity (Wildman–Crippen MR) is 115 cm³/mol. The Hall–Kier alpha value is -2.67. The lowest BCUT2D eigenvalue weighted by Crippen LogP contribution is -2.40. The summed E-state index contributed by atoms with van der Waals surface area (Å²) in [6, 6.07) is 1.64. The molecule has 0 radical (unpaired) electrons. The van der Waals surface area contributed by atoms with Gasteiger partial charge in [-0.15, -0.1) is 0 Å². The molecule has 2 aromatic heterocycles. The van der Waals surface area contributed by atoms with Crippen molar-refractivity contribution in [1.82, 2.24) is 24.3 Å². The van der Waals surface area contributed by atoms with E-state index in [9.17, 15) is 9.59 Å². The van der Waals surface area contributed by atoms with Gasteiger partial charge >= 0.3 is 11.7 Å². The molecule has 0 unspecified atom stereocenters. The molecule has 2 aromatic rings. The SMILES string of the molecule is CCC1(C(=O)OC[C@H]2O[C@@H](n3ccc(-n4cncn4)nc3=O)[C@@H]3OC(C)(C)O[C@@H]32)CCOCC1. The molecule has 12 heteroatoms. The fourth-order valence-electron chi connectivity index (χ4n) is 4.84. The van der Waals surface area contributed by atoms with Crippen molar-refractivity contribution in [2.45, 2.75) is 70.4 Å². The van der Waals surface area contributed by atoms with Crippen LogP contribution in [0, 0.1) is 5.41 Å². The highest BCUT2D eigenvalue weighted by molar-refractivity contribution is 5.77. The van der Waals surface area contributed by atoms with E-state index in [1.165, 1.54) is 21.9 Å². The van der Waals surface area contributed by atoms with Gasteiger partial charge in [0.25, 0.3) is 0 Å². The second-order valence-electron chi connectivity index (χ2n) is 9.29. The molecule has 184 valence electrons. The molecule has 4 atom stereocenters. The van der Waals surface area contributed by atoms with Crippen molar-refractivity contribution >= 4 is 5.97 Å². The number of hydrogen-bond donors (Lipinski definition) is 0. The normalized spacial score (nSPS) is 29.6. The van der Waals surface area contributed by atoms with Crippen LogP contribution < -0.4 is 5.69 Å². The Morgan fingerprint density at radius 2 is 2.00 bits per heavy atom. The smallest absolute Gasteiger partial charge is 0.351 e. The van der Waals surface area contributed by atoms with E-state index in [1.807, 2.05) is 6.92 Å². The number of hydrogen-bond acceptors (Lipinski definition) is 10. The van der Waals surface area contributed by atoms with Gasteiger partial charge in [0, 0.05) is 19.4 Å². The van der Waals surface area contributed by atoms with Crippen LogP contribution in [0.15, 0.2) is 29.7 Å². The van der Waals surface area contributed by atoms with Crippen molar-refractivity contribution < 1.29 is 28.5 Å². The van der Waals surface area contributed by atoms with Gasteiger partial charge in [-0.1, -0.05) is 6.92 Å².